The molecule has 2 heteroatoms. The van der Waals surface area contributed by atoms with Crippen molar-refractivity contribution < 1.29 is 4.74 Å². The van der Waals surface area contributed by atoms with Crippen molar-refractivity contribution in [1.82, 2.24) is 0 Å². The Kier molecular flexibility index (Phi) is 5.49. The summed E-state index contributed by atoms with van der Waals surface area (Å²) in [5, 5.41) is -0.173. The first-order chi connectivity index (χ1) is 9.76. The van der Waals surface area contributed by atoms with Gasteiger partial charge in [0.1, 0.15) is 5.75 Å². The molecular formula is C18H21ClO. The molecule has 0 fully saturated rings. The Bertz CT molecular complexity index is 533. The van der Waals surface area contributed by atoms with Crippen LogP contribution in [0.2, 0.25) is 0 Å². The molecule has 0 radical (unpaired) electrons. The highest BCUT2D eigenvalue weighted by Gasteiger charge is 2.15. The smallest absolute Gasteiger partial charge is 0.124 e. The average molecular weight is 289 g/mol. The number of rotatable bonds is 6. The van der Waals surface area contributed by atoms with Gasteiger partial charge in [-0.2, -0.15) is 0 Å². The number of alkyl halides is 1. The van der Waals surface area contributed by atoms with Gasteiger partial charge in [-0.05, 0) is 30.5 Å². The van der Waals surface area contributed by atoms with Crippen LogP contribution >= 0.6 is 11.6 Å². The summed E-state index contributed by atoms with van der Waals surface area (Å²) in [6.07, 6.45) is 2.28. The summed E-state index contributed by atoms with van der Waals surface area (Å²) in [5.41, 5.74) is 3.50. The van der Waals surface area contributed by atoms with E-state index < -0.39 is 0 Å². The van der Waals surface area contributed by atoms with Crippen LogP contribution in [0.15, 0.2) is 48.5 Å². The van der Waals surface area contributed by atoms with E-state index >= 15 is 0 Å². The van der Waals surface area contributed by atoms with E-state index in [1.807, 2.05) is 31.2 Å². The van der Waals surface area contributed by atoms with Crippen LogP contribution < -0.4 is 4.74 Å². The summed E-state index contributed by atoms with van der Waals surface area (Å²) in [5.74, 6) is 0.868. The Balaban J connectivity index is 2.24. The van der Waals surface area contributed by atoms with Gasteiger partial charge >= 0.3 is 0 Å². The Hall–Kier alpha value is -1.47. The number of ether oxygens (including phenoxy) is 1. The molecule has 0 amide bonds. The molecule has 0 bridgehead atoms. The van der Waals surface area contributed by atoms with Crippen molar-refractivity contribution in [2.45, 2.75) is 32.1 Å². The van der Waals surface area contributed by atoms with Gasteiger partial charge in [0, 0.05) is 5.56 Å². The molecule has 0 saturated carbocycles. The highest BCUT2D eigenvalue weighted by Crippen LogP contribution is 2.35. The topological polar surface area (TPSA) is 9.23 Å². The van der Waals surface area contributed by atoms with Gasteiger partial charge in [-0.3, -0.25) is 0 Å². The first kappa shape index (κ1) is 14.9. The average Bonchev–Trinajstić information content (AvgIpc) is 2.49. The zero-order valence-electron chi connectivity index (χ0n) is 12.1. The molecule has 2 rings (SSSR count). The van der Waals surface area contributed by atoms with E-state index in [0.717, 1.165) is 29.7 Å². The van der Waals surface area contributed by atoms with Crippen molar-refractivity contribution in [3.05, 3.63) is 65.2 Å². The van der Waals surface area contributed by atoms with Crippen molar-refractivity contribution >= 4 is 11.6 Å². The van der Waals surface area contributed by atoms with Crippen molar-refractivity contribution in [2.24, 2.45) is 0 Å². The molecule has 2 aromatic carbocycles. The summed E-state index contributed by atoms with van der Waals surface area (Å²) >= 11 is 6.62. The summed E-state index contributed by atoms with van der Waals surface area (Å²) < 4.78 is 5.66. The fraction of sp³-hybridized carbons (Fsp3) is 0.333. The molecule has 0 N–H and O–H groups in total. The second kappa shape index (κ2) is 7.35. The standard InChI is InChI=1S/C18H21ClO/c1-3-7-14-10-12-15(13-11-14)18(19)16-8-5-6-9-17(16)20-4-2/h5-6,8-13,18H,3-4,7H2,1-2H3. The molecule has 1 atom stereocenters. The first-order valence-electron chi connectivity index (χ1n) is 7.20. The summed E-state index contributed by atoms with van der Waals surface area (Å²) in [4.78, 5) is 0. The maximum Gasteiger partial charge on any atom is 0.124 e. The van der Waals surface area contributed by atoms with Crippen LogP contribution in [0.1, 0.15) is 42.3 Å². The summed E-state index contributed by atoms with van der Waals surface area (Å²) in [6.45, 7) is 4.83. The zero-order chi connectivity index (χ0) is 14.4. The van der Waals surface area contributed by atoms with E-state index in [-0.39, 0.29) is 5.38 Å². The summed E-state index contributed by atoms with van der Waals surface area (Å²) in [6, 6.07) is 16.5. The minimum Gasteiger partial charge on any atom is -0.494 e. The van der Waals surface area contributed by atoms with E-state index in [4.69, 9.17) is 16.3 Å². The van der Waals surface area contributed by atoms with Gasteiger partial charge in [0.15, 0.2) is 0 Å². The first-order valence-corrected chi connectivity index (χ1v) is 7.64. The third-order valence-corrected chi connectivity index (χ3v) is 3.79. The van der Waals surface area contributed by atoms with Gasteiger partial charge in [0.25, 0.3) is 0 Å². The number of hydrogen-bond acceptors (Lipinski definition) is 1. The van der Waals surface area contributed by atoms with E-state index in [2.05, 4.69) is 31.2 Å². The highest BCUT2D eigenvalue weighted by atomic mass is 35.5. The molecule has 1 unspecified atom stereocenters. The van der Waals surface area contributed by atoms with Crippen LogP contribution in [-0.4, -0.2) is 6.61 Å². The van der Waals surface area contributed by atoms with Crippen molar-refractivity contribution in [3.63, 3.8) is 0 Å². The lowest BCUT2D eigenvalue weighted by molar-refractivity contribution is 0.337. The van der Waals surface area contributed by atoms with Crippen LogP contribution in [0.25, 0.3) is 0 Å². The third-order valence-electron chi connectivity index (χ3n) is 3.30. The Morgan fingerprint density at radius 1 is 1.00 bits per heavy atom. The molecular weight excluding hydrogens is 268 g/mol. The van der Waals surface area contributed by atoms with Crippen LogP contribution in [0, 0.1) is 0 Å². The zero-order valence-corrected chi connectivity index (χ0v) is 12.9. The largest absolute Gasteiger partial charge is 0.494 e. The molecule has 0 aromatic heterocycles. The van der Waals surface area contributed by atoms with E-state index in [1.165, 1.54) is 5.56 Å². The number of para-hydroxylation sites is 1. The number of halogens is 1. The van der Waals surface area contributed by atoms with Crippen molar-refractivity contribution in [3.8, 4) is 5.75 Å². The molecule has 0 spiro atoms. The van der Waals surface area contributed by atoms with Gasteiger partial charge in [0.2, 0.25) is 0 Å². The molecule has 20 heavy (non-hydrogen) atoms. The minimum absolute atomic E-state index is 0.173. The number of aryl methyl sites for hydroxylation is 1. The molecule has 0 aliphatic carbocycles. The lowest BCUT2D eigenvalue weighted by atomic mass is 10.0. The normalized spacial score (nSPS) is 12.2. The van der Waals surface area contributed by atoms with Crippen molar-refractivity contribution in [2.75, 3.05) is 6.61 Å². The van der Waals surface area contributed by atoms with Gasteiger partial charge in [0.05, 0.1) is 12.0 Å². The van der Waals surface area contributed by atoms with E-state index in [9.17, 15) is 0 Å². The Morgan fingerprint density at radius 3 is 2.35 bits per heavy atom. The Morgan fingerprint density at radius 2 is 1.70 bits per heavy atom. The minimum atomic E-state index is -0.173. The van der Waals surface area contributed by atoms with Crippen LogP contribution in [0.3, 0.4) is 0 Å². The fourth-order valence-electron chi connectivity index (χ4n) is 2.30. The third kappa shape index (κ3) is 3.55. The number of benzene rings is 2. The molecule has 0 aliphatic rings. The highest BCUT2D eigenvalue weighted by molar-refractivity contribution is 6.22. The van der Waals surface area contributed by atoms with Gasteiger partial charge in [-0.15, -0.1) is 11.6 Å². The molecule has 2 aromatic rings. The molecule has 0 aliphatic heterocycles. The van der Waals surface area contributed by atoms with E-state index in [1.54, 1.807) is 0 Å². The Labute approximate surface area is 126 Å². The van der Waals surface area contributed by atoms with Crippen LogP contribution in [-0.2, 0) is 6.42 Å². The van der Waals surface area contributed by atoms with Gasteiger partial charge in [-0.1, -0.05) is 55.8 Å². The maximum absolute atomic E-state index is 6.62. The number of hydrogen-bond donors (Lipinski definition) is 0. The lowest BCUT2D eigenvalue weighted by Gasteiger charge is -2.15. The fourth-order valence-corrected chi connectivity index (χ4v) is 2.62. The van der Waals surface area contributed by atoms with Gasteiger partial charge in [-0.25, -0.2) is 0 Å². The predicted octanol–water partition coefficient (Wildman–Crippen LogP) is 5.37. The quantitative estimate of drug-likeness (QED) is 0.650. The van der Waals surface area contributed by atoms with Crippen LogP contribution in [0.4, 0.5) is 0 Å². The van der Waals surface area contributed by atoms with Crippen molar-refractivity contribution in [1.29, 1.82) is 0 Å². The molecule has 0 saturated heterocycles. The van der Waals surface area contributed by atoms with E-state index in [0.29, 0.717) is 6.61 Å². The maximum atomic E-state index is 6.62. The monoisotopic (exact) mass is 288 g/mol. The van der Waals surface area contributed by atoms with Crippen LogP contribution in [0.5, 0.6) is 5.75 Å². The SMILES string of the molecule is CCCc1ccc(C(Cl)c2ccccc2OCC)cc1. The second-order valence-corrected chi connectivity index (χ2v) is 5.26. The molecule has 106 valence electrons. The second-order valence-electron chi connectivity index (χ2n) is 4.82. The van der Waals surface area contributed by atoms with Gasteiger partial charge < -0.3 is 4.74 Å². The predicted molar refractivity (Wildman–Crippen MR) is 85.7 cm³/mol. The lowest BCUT2D eigenvalue weighted by Crippen LogP contribution is -2.00. The summed E-state index contributed by atoms with van der Waals surface area (Å²) in [7, 11) is 0. The molecule has 0 heterocycles. The molecule has 1 nitrogen and oxygen atoms in total.